The van der Waals surface area contributed by atoms with Crippen LogP contribution < -0.4 is 10.6 Å². The third-order valence-corrected chi connectivity index (χ3v) is 5.66. The fourth-order valence-electron chi connectivity index (χ4n) is 2.39. The zero-order valence-corrected chi connectivity index (χ0v) is 17.7. The minimum atomic E-state index is -1.17. The standard InChI is InChI=1S/C18H20IN5O4/c1-18(2,3)28-14(25)9-21-15-19-7-11(8-20-15)10-4-5-12-13(6-10)23-16(22-12)24-17(26)27/h4-8H,9H2,1-3H3,(H,20,21)(H,26,27)(H2,22,23,24). The molecule has 0 bridgehead atoms. The molecular formula is C18H20IN5O4. The number of H-pyrrole nitrogens is 1. The Morgan fingerprint density at radius 3 is 2.75 bits per heavy atom. The quantitative estimate of drug-likeness (QED) is 0.372. The van der Waals surface area contributed by atoms with E-state index in [9.17, 15) is 9.59 Å². The maximum atomic E-state index is 11.8. The lowest BCUT2D eigenvalue weighted by Gasteiger charge is -2.19. The van der Waals surface area contributed by atoms with Gasteiger partial charge in [-0.05, 0) is 42.6 Å². The van der Waals surface area contributed by atoms with Crippen molar-refractivity contribution in [2.45, 2.75) is 26.4 Å². The van der Waals surface area contributed by atoms with Gasteiger partial charge in [0.05, 0.1) is 11.0 Å². The molecule has 0 saturated carbocycles. The molecule has 148 valence electrons. The van der Waals surface area contributed by atoms with Gasteiger partial charge in [0.2, 0.25) is 5.95 Å². The van der Waals surface area contributed by atoms with E-state index in [4.69, 9.17) is 9.84 Å². The lowest BCUT2D eigenvalue weighted by Crippen LogP contribution is -2.33. The molecule has 0 saturated heterocycles. The molecule has 2 aromatic rings. The van der Waals surface area contributed by atoms with Gasteiger partial charge in [-0.3, -0.25) is 15.4 Å². The number of ether oxygens (including phenoxy) is 1. The van der Waals surface area contributed by atoms with Gasteiger partial charge in [-0.2, -0.15) is 0 Å². The molecular weight excluding hydrogens is 477 g/mol. The van der Waals surface area contributed by atoms with Crippen molar-refractivity contribution in [2.75, 3.05) is 11.9 Å². The van der Waals surface area contributed by atoms with Gasteiger partial charge in [-0.1, -0.05) is 26.8 Å². The number of nitrogens with one attached hydrogen (secondary N) is 3. The van der Waals surface area contributed by atoms with Crippen LogP contribution in [0.5, 0.6) is 0 Å². The summed E-state index contributed by atoms with van der Waals surface area (Å²) >= 11 is -0.512. The van der Waals surface area contributed by atoms with E-state index in [0.717, 1.165) is 20.4 Å². The Balaban J connectivity index is 1.67. The van der Waals surface area contributed by atoms with Gasteiger partial charge in [0, 0.05) is 11.8 Å². The van der Waals surface area contributed by atoms with E-state index in [0.29, 0.717) is 5.52 Å². The van der Waals surface area contributed by atoms with Crippen LogP contribution in [-0.4, -0.2) is 49.3 Å². The van der Waals surface area contributed by atoms with Crippen LogP contribution in [0.15, 0.2) is 27.3 Å². The molecule has 0 fully saturated rings. The Morgan fingerprint density at radius 2 is 2.11 bits per heavy atom. The average Bonchev–Trinajstić information content (AvgIpc) is 2.99. The fraction of sp³-hybridized carbons (Fsp3) is 0.278. The Labute approximate surface area is 171 Å². The number of halogens is 1. The van der Waals surface area contributed by atoms with Crippen molar-refractivity contribution in [3.05, 3.63) is 27.8 Å². The predicted octanol–water partition coefficient (Wildman–Crippen LogP) is 3.07. The molecule has 1 aromatic carbocycles. The summed E-state index contributed by atoms with van der Waals surface area (Å²) < 4.78 is 8.17. The molecule has 0 spiro atoms. The first kappa shape index (κ1) is 20.1. The third-order valence-electron chi connectivity index (χ3n) is 3.43. The molecule has 0 atom stereocenters. The summed E-state index contributed by atoms with van der Waals surface area (Å²) in [5.74, 6) is -0.134. The number of hydrogen-bond donors (Lipinski definition) is 4. The molecule has 9 nitrogen and oxygen atoms in total. The maximum Gasteiger partial charge on any atom is 0.411 e. The minimum absolute atomic E-state index is 0.0896. The second-order valence-corrected chi connectivity index (χ2v) is 9.18. The van der Waals surface area contributed by atoms with Gasteiger partial charge < -0.3 is 14.8 Å². The van der Waals surface area contributed by atoms with Crippen molar-refractivity contribution in [1.29, 1.82) is 0 Å². The highest BCUT2D eigenvalue weighted by Gasteiger charge is 2.16. The summed E-state index contributed by atoms with van der Waals surface area (Å²) in [6.45, 7) is 5.58. The van der Waals surface area contributed by atoms with Crippen molar-refractivity contribution in [3.63, 3.8) is 0 Å². The Morgan fingerprint density at radius 1 is 1.32 bits per heavy atom. The van der Waals surface area contributed by atoms with E-state index >= 15 is 0 Å². The van der Waals surface area contributed by atoms with Crippen LogP contribution in [0.2, 0.25) is 0 Å². The molecule has 1 aliphatic rings. The summed E-state index contributed by atoms with van der Waals surface area (Å²) in [7, 11) is 0. The average molecular weight is 497 g/mol. The number of fused-ring (bicyclic) bond motifs is 1. The zero-order chi connectivity index (χ0) is 20.3. The molecule has 10 heteroatoms. The van der Waals surface area contributed by atoms with E-state index in [1.54, 1.807) is 6.21 Å². The fourth-order valence-corrected chi connectivity index (χ4v) is 4.25. The molecule has 0 aliphatic carbocycles. The van der Waals surface area contributed by atoms with E-state index < -0.39 is 32.4 Å². The molecule has 4 N–H and O–H groups in total. The number of aliphatic imine (C=N–C) groups is 1. The highest BCUT2D eigenvalue weighted by molar-refractivity contribution is 14.2. The number of benzene rings is 1. The number of rotatable bonds is 5. The Hall–Kier alpha value is -2.60. The smallest absolute Gasteiger partial charge is 0.411 e. The summed E-state index contributed by atoms with van der Waals surface area (Å²) in [5, 5.41) is 14.0. The number of nitrogens with zero attached hydrogens (tertiary/aromatic N) is 2. The van der Waals surface area contributed by atoms with Crippen molar-refractivity contribution in [2.24, 2.45) is 4.99 Å². The van der Waals surface area contributed by atoms with E-state index in [1.165, 1.54) is 0 Å². The van der Waals surface area contributed by atoms with Crippen LogP contribution in [0.25, 0.3) is 16.6 Å². The highest BCUT2D eigenvalue weighted by atomic mass is 127. The number of hydrogen-bond acceptors (Lipinski definition) is 6. The number of aromatic nitrogens is 2. The van der Waals surface area contributed by atoms with Crippen LogP contribution in [0.3, 0.4) is 0 Å². The third kappa shape index (κ3) is 5.45. The number of esters is 1. The number of amides is 1. The van der Waals surface area contributed by atoms with E-state index in [2.05, 4.69) is 29.7 Å². The molecule has 2 heterocycles. The lowest BCUT2D eigenvalue weighted by molar-refractivity contribution is -0.153. The van der Waals surface area contributed by atoms with Gasteiger partial charge in [0.1, 0.15) is 15.9 Å². The Kier molecular flexibility index (Phi) is 5.89. The minimum Gasteiger partial charge on any atom is -0.465 e. The first-order valence-corrected chi connectivity index (χ1v) is 10.7. The maximum absolute atomic E-state index is 11.8. The number of aromatic amines is 1. The van der Waals surface area contributed by atoms with Gasteiger partial charge in [-0.25, -0.2) is 14.8 Å². The van der Waals surface area contributed by atoms with Gasteiger partial charge >= 0.3 is 12.1 Å². The first-order chi connectivity index (χ1) is 13.2. The summed E-state index contributed by atoms with van der Waals surface area (Å²) in [5.41, 5.74) is 2.81. The van der Waals surface area contributed by atoms with Crippen LogP contribution in [-0.2, 0) is 9.53 Å². The SMILES string of the molecule is CC(C)(C)OC(=O)CNC1=IC=C(c2ccc3nc(NC(=O)O)[nH]c3c2)C=N1. The van der Waals surface area contributed by atoms with E-state index in [-0.39, 0.29) is 18.5 Å². The molecule has 1 aromatic heterocycles. The van der Waals surface area contributed by atoms with Crippen molar-refractivity contribution in [1.82, 2.24) is 15.3 Å². The monoisotopic (exact) mass is 497 g/mol. The largest absolute Gasteiger partial charge is 0.465 e. The number of carbonyl (C=O) groups excluding carboxylic acids is 1. The summed E-state index contributed by atoms with van der Waals surface area (Å²) in [6.07, 6.45) is 0.572. The van der Waals surface area contributed by atoms with Gasteiger partial charge in [-0.15, -0.1) is 0 Å². The van der Waals surface area contributed by atoms with Crippen LogP contribution in [0.4, 0.5) is 10.7 Å². The first-order valence-electron chi connectivity index (χ1n) is 8.40. The number of allylic oxidation sites excluding steroid dienone is 1. The summed E-state index contributed by atoms with van der Waals surface area (Å²) in [4.78, 5) is 34.0. The molecule has 0 unspecified atom stereocenters. The molecule has 0 radical (unpaired) electrons. The molecule has 28 heavy (non-hydrogen) atoms. The van der Waals surface area contributed by atoms with Gasteiger partial charge in [0.25, 0.3) is 0 Å². The predicted molar refractivity (Wildman–Crippen MR) is 117 cm³/mol. The second kappa shape index (κ2) is 8.19. The highest BCUT2D eigenvalue weighted by Crippen LogP contribution is 2.24. The lowest BCUT2D eigenvalue weighted by atomic mass is 10.1. The van der Waals surface area contributed by atoms with Crippen LogP contribution in [0, 0.1) is 0 Å². The van der Waals surface area contributed by atoms with Crippen LogP contribution in [0.1, 0.15) is 26.3 Å². The number of carboxylic acid groups (broad SMARTS) is 1. The number of anilines is 1. The normalized spacial score (nSPS) is 14.1. The van der Waals surface area contributed by atoms with Crippen molar-refractivity contribution >= 4 is 65.3 Å². The van der Waals surface area contributed by atoms with Crippen molar-refractivity contribution < 1.29 is 19.4 Å². The topological polar surface area (TPSA) is 129 Å². The van der Waals surface area contributed by atoms with Gasteiger partial charge in [0.15, 0.2) is 0 Å². The van der Waals surface area contributed by atoms with Crippen LogP contribution >= 0.6 is 20.7 Å². The zero-order valence-electron chi connectivity index (χ0n) is 15.5. The number of carbonyl (C=O) groups is 2. The number of imidazole rings is 1. The Bertz CT molecular complexity index is 1020. The summed E-state index contributed by atoms with van der Waals surface area (Å²) in [6, 6.07) is 5.63. The second-order valence-electron chi connectivity index (χ2n) is 6.91. The molecule has 3 rings (SSSR count). The van der Waals surface area contributed by atoms with E-state index in [1.807, 2.05) is 39.0 Å². The molecule has 1 amide bonds. The molecule has 1 aliphatic heterocycles. The van der Waals surface area contributed by atoms with Crippen molar-refractivity contribution in [3.8, 4) is 0 Å².